The monoisotopic (exact) mass is 152 g/mol. The van der Waals surface area contributed by atoms with Gasteiger partial charge < -0.3 is 4.74 Å². The molecular formula is C9H9FO. The number of hydrogen-bond acceptors (Lipinski definition) is 1. The van der Waals surface area contributed by atoms with E-state index < -0.39 is 0 Å². The molecule has 0 aliphatic carbocycles. The molecule has 0 radical (unpaired) electrons. The van der Waals surface area contributed by atoms with E-state index in [-0.39, 0.29) is 11.6 Å². The highest BCUT2D eigenvalue weighted by molar-refractivity contribution is 5.30. The van der Waals surface area contributed by atoms with Crippen molar-refractivity contribution in [2.24, 2.45) is 0 Å². The molecule has 1 aromatic carbocycles. The first kappa shape index (κ1) is 7.79. The minimum Gasteiger partial charge on any atom is -0.463 e. The molecule has 0 atom stereocenters. The first-order valence-corrected chi connectivity index (χ1v) is 3.28. The quantitative estimate of drug-likeness (QED) is 0.592. The Morgan fingerprint density at radius 1 is 1.55 bits per heavy atom. The summed E-state index contributed by atoms with van der Waals surface area (Å²) in [6.07, 6.45) is 1.21. The molecule has 0 saturated heterocycles. The molecule has 0 aliphatic rings. The van der Waals surface area contributed by atoms with Crippen LogP contribution in [0.4, 0.5) is 4.39 Å². The summed E-state index contributed by atoms with van der Waals surface area (Å²) in [5.74, 6) is -0.104. The molecule has 0 saturated carbocycles. The van der Waals surface area contributed by atoms with Gasteiger partial charge in [0.25, 0.3) is 0 Å². The molecule has 0 N–H and O–H groups in total. The van der Waals surface area contributed by atoms with Crippen molar-refractivity contribution in [2.45, 2.75) is 6.92 Å². The number of aryl methyl sites for hydroxylation is 1. The summed E-state index contributed by atoms with van der Waals surface area (Å²) in [5.41, 5.74) is 0.573. The molecule has 1 aromatic rings. The van der Waals surface area contributed by atoms with Crippen molar-refractivity contribution in [3.8, 4) is 5.75 Å². The Hall–Kier alpha value is -1.31. The number of hydrogen-bond donors (Lipinski definition) is 0. The first-order chi connectivity index (χ1) is 5.25. The lowest BCUT2D eigenvalue weighted by molar-refractivity contribution is 0.440. The molecule has 0 fully saturated rings. The van der Waals surface area contributed by atoms with Crippen molar-refractivity contribution in [1.29, 1.82) is 0 Å². The molecule has 11 heavy (non-hydrogen) atoms. The van der Waals surface area contributed by atoms with Gasteiger partial charge in [-0.1, -0.05) is 18.7 Å². The standard InChI is InChI=1S/C9H9FO/c1-3-11-8-6-4-5-7(2)9(8)10/h3-6H,1H2,2H3. The van der Waals surface area contributed by atoms with Crippen LogP contribution in [0.5, 0.6) is 5.75 Å². The van der Waals surface area contributed by atoms with E-state index >= 15 is 0 Å². The minimum atomic E-state index is -0.326. The number of benzene rings is 1. The fraction of sp³-hybridized carbons (Fsp3) is 0.111. The highest BCUT2D eigenvalue weighted by Gasteiger charge is 2.02. The minimum absolute atomic E-state index is 0.222. The van der Waals surface area contributed by atoms with Gasteiger partial charge in [0, 0.05) is 0 Å². The number of ether oxygens (including phenoxy) is 1. The van der Waals surface area contributed by atoms with Gasteiger partial charge in [0.1, 0.15) is 0 Å². The lowest BCUT2D eigenvalue weighted by Crippen LogP contribution is -1.88. The average molecular weight is 152 g/mol. The third-order valence-corrected chi connectivity index (χ3v) is 1.37. The van der Waals surface area contributed by atoms with E-state index in [1.807, 2.05) is 0 Å². The maximum Gasteiger partial charge on any atom is 0.168 e. The highest BCUT2D eigenvalue weighted by atomic mass is 19.1. The van der Waals surface area contributed by atoms with E-state index in [0.29, 0.717) is 5.56 Å². The van der Waals surface area contributed by atoms with Crippen LogP contribution in [0, 0.1) is 12.7 Å². The lowest BCUT2D eigenvalue weighted by atomic mass is 10.2. The maximum atomic E-state index is 13.0. The largest absolute Gasteiger partial charge is 0.463 e. The molecule has 0 aliphatic heterocycles. The van der Waals surface area contributed by atoms with Crippen LogP contribution in [0.1, 0.15) is 5.56 Å². The zero-order chi connectivity index (χ0) is 8.27. The highest BCUT2D eigenvalue weighted by Crippen LogP contribution is 2.19. The maximum absolute atomic E-state index is 13.0. The molecule has 0 heterocycles. The Morgan fingerprint density at radius 2 is 2.27 bits per heavy atom. The van der Waals surface area contributed by atoms with Crippen molar-refractivity contribution in [3.63, 3.8) is 0 Å². The molecule has 0 spiro atoms. The Kier molecular flexibility index (Phi) is 2.26. The Balaban J connectivity index is 3.05. The SMILES string of the molecule is C=COc1cccc(C)c1F. The van der Waals surface area contributed by atoms with Crippen LogP contribution in [-0.4, -0.2) is 0 Å². The zero-order valence-corrected chi connectivity index (χ0v) is 6.30. The van der Waals surface area contributed by atoms with Crippen LogP contribution >= 0.6 is 0 Å². The van der Waals surface area contributed by atoms with Gasteiger partial charge in [0.2, 0.25) is 0 Å². The molecule has 0 bridgehead atoms. The second kappa shape index (κ2) is 3.19. The van der Waals surface area contributed by atoms with Gasteiger partial charge in [-0.15, -0.1) is 0 Å². The van der Waals surface area contributed by atoms with Crippen molar-refractivity contribution in [3.05, 3.63) is 42.4 Å². The second-order valence-electron chi connectivity index (χ2n) is 2.17. The van der Waals surface area contributed by atoms with E-state index in [1.165, 1.54) is 6.26 Å². The van der Waals surface area contributed by atoms with Crippen LogP contribution in [0.2, 0.25) is 0 Å². The zero-order valence-electron chi connectivity index (χ0n) is 6.30. The molecule has 1 rings (SSSR count). The number of halogens is 1. The summed E-state index contributed by atoms with van der Waals surface area (Å²) in [6.45, 7) is 5.02. The van der Waals surface area contributed by atoms with Gasteiger partial charge in [-0.2, -0.15) is 0 Å². The summed E-state index contributed by atoms with van der Waals surface area (Å²) in [6, 6.07) is 4.98. The molecule has 0 unspecified atom stereocenters. The van der Waals surface area contributed by atoms with Crippen LogP contribution < -0.4 is 4.74 Å². The van der Waals surface area contributed by atoms with Crippen LogP contribution in [0.25, 0.3) is 0 Å². The fourth-order valence-corrected chi connectivity index (χ4v) is 0.801. The van der Waals surface area contributed by atoms with Gasteiger partial charge in [-0.3, -0.25) is 0 Å². The lowest BCUT2D eigenvalue weighted by Gasteiger charge is -2.02. The third-order valence-electron chi connectivity index (χ3n) is 1.37. The summed E-state index contributed by atoms with van der Waals surface area (Å²) in [5, 5.41) is 0. The first-order valence-electron chi connectivity index (χ1n) is 3.28. The van der Waals surface area contributed by atoms with Crippen molar-refractivity contribution in [2.75, 3.05) is 0 Å². The molecule has 0 aromatic heterocycles. The van der Waals surface area contributed by atoms with Gasteiger partial charge in [0.15, 0.2) is 11.6 Å². The molecule has 2 heteroatoms. The van der Waals surface area contributed by atoms with Crippen LogP contribution in [0.3, 0.4) is 0 Å². The van der Waals surface area contributed by atoms with Crippen LogP contribution in [-0.2, 0) is 0 Å². The third kappa shape index (κ3) is 1.58. The summed E-state index contributed by atoms with van der Waals surface area (Å²) < 4.78 is 17.8. The summed E-state index contributed by atoms with van der Waals surface area (Å²) >= 11 is 0. The molecule has 1 nitrogen and oxygen atoms in total. The topological polar surface area (TPSA) is 9.23 Å². The molecule has 0 amide bonds. The predicted molar refractivity (Wildman–Crippen MR) is 42.0 cm³/mol. The fourth-order valence-electron chi connectivity index (χ4n) is 0.801. The van der Waals surface area contributed by atoms with Gasteiger partial charge in [0.05, 0.1) is 6.26 Å². The van der Waals surface area contributed by atoms with E-state index in [9.17, 15) is 4.39 Å². The van der Waals surface area contributed by atoms with E-state index in [0.717, 1.165) is 0 Å². The summed E-state index contributed by atoms with van der Waals surface area (Å²) in [7, 11) is 0. The molecular weight excluding hydrogens is 143 g/mol. The van der Waals surface area contributed by atoms with Crippen molar-refractivity contribution < 1.29 is 9.13 Å². The van der Waals surface area contributed by atoms with E-state index in [1.54, 1.807) is 25.1 Å². The Labute approximate surface area is 65.1 Å². The smallest absolute Gasteiger partial charge is 0.168 e. The Bertz CT molecular complexity index is 268. The summed E-state index contributed by atoms with van der Waals surface area (Å²) in [4.78, 5) is 0. The van der Waals surface area contributed by atoms with E-state index in [4.69, 9.17) is 4.74 Å². The second-order valence-corrected chi connectivity index (χ2v) is 2.17. The van der Waals surface area contributed by atoms with Crippen molar-refractivity contribution >= 4 is 0 Å². The van der Waals surface area contributed by atoms with Gasteiger partial charge in [-0.25, -0.2) is 4.39 Å². The predicted octanol–water partition coefficient (Wildman–Crippen LogP) is 2.66. The Morgan fingerprint density at radius 3 is 2.91 bits per heavy atom. The van der Waals surface area contributed by atoms with Crippen molar-refractivity contribution in [1.82, 2.24) is 0 Å². The van der Waals surface area contributed by atoms with Gasteiger partial charge in [-0.05, 0) is 18.6 Å². The van der Waals surface area contributed by atoms with Crippen LogP contribution in [0.15, 0.2) is 31.0 Å². The van der Waals surface area contributed by atoms with Gasteiger partial charge >= 0.3 is 0 Å². The van der Waals surface area contributed by atoms with E-state index in [2.05, 4.69) is 6.58 Å². The normalized spacial score (nSPS) is 9.27. The number of rotatable bonds is 2. The average Bonchev–Trinajstić information content (AvgIpc) is 1.99. The molecule has 58 valence electrons.